The molecule has 0 fully saturated rings. The maximum atomic E-state index is 13.9. The lowest BCUT2D eigenvalue weighted by Crippen LogP contribution is -2.35. The summed E-state index contributed by atoms with van der Waals surface area (Å²) in [6.45, 7) is 0.0992. The Hall–Kier alpha value is -4.42. The van der Waals surface area contributed by atoms with Crippen LogP contribution < -0.4 is 15.3 Å². The second kappa shape index (κ2) is 9.21. The number of hydrogen-bond donors (Lipinski definition) is 2. The minimum atomic E-state index is -4.54. The summed E-state index contributed by atoms with van der Waals surface area (Å²) in [6, 6.07) is 6.30. The van der Waals surface area contributed by atoms with Crippen LogP contribution in [0.3, 0.4) is 0 Å². The zero-order valence-electron chi connectivity index (χ0n) is 17.0. The van der Waals surface area contributed by atoms with Crippen molar-refractivity contribution in [3.05, 3.63) is 84.1 Å². The first kappa shape index (κ1) is 22.8. The number of nitrogens with zero attached hydrogens (tertiary/aromatic N) is 4. The summed E-state index contributed by atoms with van der Waals surface area (Å²) in [5.41, 5.74) is -0.528. The summed E-state index contributed by atoms with van der Waals surface area (Å²) in [4.78, 5) is 19.6. The van der Waals surface area contributed by atoms with Crippen molar-refractivity contribution in [2.45, 2.75) is 12.7 Å². The Labute approximate surface area is 188 Å². The molecule has 174 valence electrons. The van der Waals surface area contributed by atoms with Crippen molar-refractivity contribution in [3.8, 4) is 11.1 Å². The van der Waals surface area contributed by atoms with E-state index in [0.29, 0.717) is 5.69 Å². The molecule has 1 aromatic carbocycles. The molecule has 0 atom stereocenters. The van der Waals surface area contributed by atoms with Crippen LogP contribution in [0, 0.1) is 11.6 Å². The van der Waals surface area contributed by atoms with E-state index in [9.17, 15) is 26.7 Å². The van der Waals surface area contributed by atoms with Crippen LogP contribution in [-0.4, -0.2) is 21.3 Å². The number of amides is 2. The third-order valence-corrected chi connectivity index (χ3v) is 4.49. The van der Waals surface area contributed by atoms with Gasteiger partial charge >= 0.3 is 18.1 Å². The van der Waals surface area contributed by atoms with E-state index >= 15 is 0 Å². The van der Waals surface area contributed by atoms with Crippen LogP contribution in [0.2, 0.25) is 0 Å². The lowest BCUT2D eigenvalue weighted by molar-refractivity contribution is -0.755. The maximum absolute atomic E-state index is 13.9. The van der Waals surface area contributed by atoms with Gasteiger partial charge in [-0.3, -0.25) is 19.8 Å². The van der Waals surface area contributed by atoms with E-state index in [1.54, 1.807) is 0 Å². The van der Waals surface area contributed by atoms with Crippen molar-refractivity contribution in [1.29, 1.82) is 0 Å². The summed E-state index contributed by atoms with van der Waals surface area (Å²) < 4.78 is 72.3. The molecule has 0 bridgehead atoms. The van der Waals surface area contributed by atoms with E-state index in [2.05, 4.69) is 25.9 Å². The summed E-state index contributed by atoms with van der Waals surface area (Å²) in [5.74, 6) is -1.72. The molecule has 0 aliphatic rings. The first-order chi connectivity index (χ1) is 16.2. The lowest BCUT2D eigenvalue weighted by Gasteiger charge is -2.09. The first-order valence-corrected chi connectivity index (χ1v) is 9.55. The van der Waals surface area contributed by atoms with E-state index in [0.717, 1.165) is 30.6 Å². The predicted molar refractivity (Wildman–Crippen MR) is 107 cm³/mol. The van der Waals surface area contributed by atoms with Crippen molar-refractivity contribution < 1.29 is 36.0 Å². The van der Waals surface area contributed by atoms with Crippen LogP contribution in [0.25, 0.3) is 11.1 Å². The lowest BCUT2D eigenvalue weighted by atomic mass is 10.1. The fourth-order valence-corrected chi connectivity index (χ4v) is 2.98. The van der Waals surface area contributed by atoms with E-state index in [1.807, 2.05) is 0 Å². The normalized spacial score (nSPS) is 11.3. The Bertz CT molecular complexity index is 1300. The maximum Gasteiger partial charge on any atom is 0.416 e. The molecule has 4 rings (SSSR count). The number of urea groups is 1. The van der Waals surface area contributed by atoms with Gasteiger partial charge in [-0.05, 0) is 28.9 Å². The molecule has 0 radical (unpaired) electrons. The van der Waals surface area contributed by atoms with E-state index in [1.165, 1.54) is 35.3 Å². The molecule has 13 heteroatoms. The minimum absolute atomic E-state index is 0.0638. The van der Waals surface area contributed by atoms with Gasteiger partial charge < -0.3 is 5.32 Å². The molecule has 3 heterocycles. The summed E-state index contributed by atoms with van der Waals surface area (Å²) in [5, 5.41) is 8.28. The second-order valence-electron chi connectivity index (χ2n) is 6.94. The van der Waals surface area contributed by atoms with Gasteiger partial charge in [0.1, 0.15) is 5.69 Å². The summed E-state index contributed by atoms with van der Waals surface area (Å²) in [7, 11) is 0. The molecule has 3 aromatic heterocycles. The Morgan fingerprint density at radius 2 is 1.79 bits per heavy atom. The highest BCUT2D eigenvalue weighted by molar-refractivity contribution is 5.98. The minimum Gasteiger partial charge on any atom is -0.308 e. The molecule has 0 aliphatic heterocycles. The van der Waals surface area contributed by atoms with Gasteiger partial charge in [-0.15, -0.1) is 0 Å². The zero-order chi connectivity index (χ0) is 24.3. The van der Waals surface area contributed by atoms with Gasteiger partial charge in [0.05, 0.1) is 23.5 Å². The molecule has 0 aliphatic carbocycles. The molecule has 34 heavy (non-hydrogen) atoms. The highest BCUT2D eigenvalue weighted by Gasteiger charge is 2.30. The number of alkyl halides is 3. The molecule has 2 N–H and O–H groups in total. The molecular weight excluding hydrogens is 463 g/mol. The fraction of sp³-hybridized carbons (Fsp3) is 0.0952. The molecule has 0 saturated carbocycles. The number of benzene rings is 1. The van der Waals surface area contributed by atoms with Crippen molar-refractivity contribution >= 4 is 17.6 Å². The average Bonchev–Trinajstić information content (AvgIpc) is 3.21. The zero-order valence-corrected chi connectivity index (χ0v) is 17.0. The molecule has 0 unspecified atom stereocenters. The van der Waals surface area contributed by atoms with Gasteiger partial charge in [0, 0.05) is 17.4 Å². The summed E-state index contributed by atoms with van der Waals surface area (Å²) in [6.07, 6.45) is -0.134. The molecule has 8 nitrogen and oxygen atoms in total. The highest BCUT2D eigenvalue weighted by Crippen LogP contribution is 2.30. The highest BCUT2D eigenvalue weighted by atomic mass is 19.4. The van der Waals surface area contributed by atoms with Gasteiger partial charge in [0.15, 0.2) is 11.6 Å². The molecule has 0 spiro atoms. The third kappa shape index (κ3) is 5.31. The standard InChI is InChI=1S/C21H13F5N6O2/c22-16-8-27-9-17(23)19(16)12-4-5-15(28-7-12)10-32-11-18(34-31-32)30-20(33)29-14-3-1-2-13(6-14)21(24,25)26/h1-9,11H,10H2,(H-,29,30,31,33)/p+1. The predicted octanol–water partition coefficient (Wildman–Crippen LogP) is 4.41. The number of rotatable bonds is 5. The topological polar surface area (TPSA) is 96.8 Å². The van der Waals surface area contributed by atoms with Crippen LogP contribution in [0.4, 0.5) is 38.3 Å². The Balaban J connectivity index is 1.38. The number of carbonyl (C=O) groups excluding carboxylic acids is 1. The van der Waals surface area contributed by atoms with Crippen molar-refractivity contribution in [3.63, 3.8) is 0 Å². The smallest absolute Gasteiger partial charge is 0.308 e. The number of halogens is 5. The monoisotopic (exact) mass is 477 g/mol. The van der Waals surface area contributed by atoms with Crippen LogP contribution >= 0.6 is 0 Å². The van der Waals surface area contributed by atoms with Gasteiger partial charge in [-0.1, -0.05) is 12.1 Å². The number of carbonyl (C=O) groups is 1. The van der Waals surface area contributed by atoms with Crippen LogP contribution in [0.1, 0.15) is 11.3 Å². The summed E-state index contributed by atoms with van der Waals surface area (Å²) >= 11 is 0. The van der Waals surface area contributed by atoms with Crippen LogP contribution in [-0.2, 0) is 12.7 Å². The van der Waals surface area contributed by atoms with Crippen LogP contribution in [0.15, 0.2) is 65.7 Å². The van der Waals surface area contributed by atoms with Gasteiger partial charge in [-0.25, -0.2) is 13.6 Å². The number of nitrogens with one attached hydrogen (secondary N) is 2. The SMILES string of the molecule is O=C(Nc1cccc(C(F)(F)F)c1)Nc1c[n+](Cc2ccc(-c3c(F)cncc3F)cn2)no1. The van der Waals surface area contributed by atoms with E-state index in [4.69, 9.17) is 4.52 Å². The largest absolute Gasteiger partial charge is 0.416 e. The average molecular weight is 477 g/mol. The first-order valence-electron chi connectivity index (χ1n) is 9.55. The van der Waals surface area contributed by atoms with Gasteiger partial charge in [-0.2, -0.15) is 13.2 Å². The van der Waals surface area contributed by atoms with E-state index in [-0.39, 0.29) is 29.2 Å². The van der Waals surface area contributed by atoms with Gasteiger partial charge in [0.25, 0.3) is 6.20 Å². The van der Waals surface area contributed by atoms with Gasteiger partial charge in [0.2, 0.25) is 11.8 Å². The molecule has 4 aromatic rings. The quantitative estimate of drug-likeness (QED) is 0.328. The number of pyridine rings is 2. The molecular formula is C21H14F5N6O2+. The number of aromatic nitrogens is 4. The Morgan fingerprint density at radius 3 is 2.47 bits per heavy atom. The Kier molecular flexibility index (Phi) is 6.17. The van der Waals surface area contributed by atoms with Crippen LogP contribution in [0.5, 0.6) is 0 Å². The third-order valence-electron chi connectivity index (χ3n) is 4.49. The van der Waals surface area contributed by atoms with Crippen molar-refractivity contribution in [1.82, 2.24) is 15.2 Å². The van der Waals surface area contributed by atoms with Crippen molar-refractivity contribution in [2.75, 3.05) is 10.6 Å². The number of hydrogen-bond acceptors (Lipinski definition) is 5. The van der Waals surface area contributed by atoms with E-state index < -0.39 is 29.4 Å². The second-order valence-corrected chi connectivity index (χ2v) is 6.94. The fourth-order valence-electron chi connectivity index (χ4n) is 2.98. The number of anilines is 2. The Morgan fingerprint density at radius 1 is 1.03 bits per heavy atom. The molecule has 2 amide bonds. The molecule has 0 saturated heterocycles. The van der Waals surface area contributed by atoms with Crippen molar-refractivity contribution in [2.24, 2.45) is 0 Å².